The van der Waals surface area contributed by atoms with E-state index < -0.39 is 5.54 Å². The summed E-state index contributed by atoms with van der Waals surface area (Å²) < 4.78 is 5.15. The first-order valence-corrected chi connectivity index (χ1v) is 5.28. The monoisotopic (exact) mass is 221 g/mol. The van der Waals surface area contributed by atoms with Crippen molar-refractivity contribution in [2.45, 2.75) is 18.4 Å². The van der Waals surface area contributed by atoms with Crippen LogP contribution in [-0.4, -0.2) is 29.6 Å². The lowest BCUT2D eigenvalue weighted by Crippen LogP contribution is -2.49. The highest BCUT2D eigenvalue weighted by Gasteiger charge is 2.37. The number of phenols is 1. The molecule has 1 aliphatic rings. The van der Waals surface area contributed by atoms with E-state index in [4.69, 9.17) is 15.6 Å². The molecule has 1 saturated heterocycles. The number of benzene rings is 1. The van der Waals surface area contributed by atoms with Gasteiger partial charge in [-0.25, -0.2) is 0 Å². The number of nitrogens with two attached hydrogens (primary N) is 1. The zero-order chi connectivity index (χ0) is 11.6. The zero-order valence-corrected chi connectivity index (χ0v) is 8.98. The molecule has 0 saturated carbocycles. The Morgan fingerprint density at radius 3 is 2.69 bits per heavy atom. The van der Waals surface area contributed by atoms with Gasteiger partial charge in [-0.2, -0.15) is 0 Å². The van der Waals surface area contributed by atoms with Crippen LogP contribution in [0, 0.1) is 0 Å². The number of aromatic hydroxyl groups is 1. The standard InChI is InChI=1S/C12H15NO3/c13-12(5-6-16-8-12)11(15)7-9-1-3-10(14)4-2-9/h1-4,14H,5-8,13H2. The number of carbonyl (C=O) groups excluding carboxylic acids is 1. The van der Waals surface area contributed by atoms with E-state index in [1.54, 1.807) is 24.3 Å². The number of hydrogen-bond donors (Lipinski definition) is 2. The predicted octanol–water partition coefficient (Wildman–Crippen LogP) is 0.622. The second-order valence-corrected chi connectivity index (χ2v) is 4.23. The summed E-state index contributed by atoms with van der Waals surface area (Å²) in [7, 11) is 0. The molecular weight excluding hydrogens is 206 g/mol. The molecule has 1 fully saturated rings. The molecule has 1 unspecified atom stereocenters. The zero-order valence-electron chi connectivity index (χ0n) is 8.98. The second-order valence-electron chi connectivity index (χ2n) is 4.23. The average molecular weight is 221 g/mol. The van der Waals surface area contributed by atoms with E-state index >= 15 is 0 Å². The Hall–Kier alpha value is -1.39. The number of ether oxygens (including phenoxy) is 1. The van der Waals surface area contributed by atoms with Crippen LogP contribution in [0.25, 0.3) is 0 Å². The number of carbonyl (C=O) groups is 1. The third-order valence-corrected chi connectivity index (χ3v) is 2.91. The van der Waals surface area contributed by atoms with Crippen molar-refractivity contribution in [3.63, 3.8) is 0 Å². The number of phenolic OH excluding ortho intramolecular Hbond substituents is 1. The Labute approximate surface area is 94.0 Å². The molecule has 1 aromatic carbocycles. The Bertz CT molecular complexity index is 380. The van der Waals surface area contributed by atoms with Crippen molar-refractivity contribution in [1.29, 1.82) is 0 Å². The molecule has 4 heteroatoms. The van der Waals surface area contributed by atoms with Gasteiger partial charge in [-0.15, -0.1) is 0 Å². The van der Waals surface area contributed by atoms with Crippen LogP contribution in [0.2, 0.25) is 0 Å². The molecule has 4 nitrogen and oxygen atoms in total. The van der Waals surface area contributed by atoms with Crippen LogP contribution in [0.1, 0.15) is 12.0 Å². The summed E-state index contributed by atoms with van der Waals surface area (Å²) in [6.45, 7) is 0.863. The first-order chi connectivity index (χ1) is 7.60. The summed E-state index contributed by atoms with van der Waals surface area (Å²) in [4.78, 5) is 12.0. The van der Waals surface area contributed by atoms with E-state index in [9.17, 15) is 4.79 Å². The Kier molecular flexibility index (Phi) is 2.94. The number of rotatable bonds is 3. The van der Waals surface area contributed by atoms with Crippen LogP contribution < -0.4 is 5.73 Å². The molecule has 16 heavy (non-hydrogen) atoms. The fourth-order valence-corrected chi connectivity index (χ4v) is 1.78. The molecule has 3 N–H and O–H groups in total. The molecule has 0 bridgehead atoms. The van der Waals surface area contributed by atoms with Gasteiger partial charge in [0.1, 0.15) is 11.3 Å². The minimum absolute atomic E-state index is 0.00399. The van der Waals surface area contributed by atoms with Crippen LogP contribution in [-0.2, 0) is 16.0 Å². The van der Waals surface area contributed by atoms with Crippen LogP contribution in [0.4, 0.5) is 0 Å². The molecular formula is C12H15NO3. The van der Waals surface area contributed by atoms with Crippen LogP contribution in [0.3, 0.4) is 0 Å². The fourth-order valence-electron chi connectivity index (χ4n) is 1.78. The van der Waals surface area contributed by atoms with E-state index in [0.717, 1.165) is 5.56 Å². The van der Waals surface area contributed by atoms with Crippen molar-refractivity contribution in [3.05, 3.63) is 29.8 Å². The van der Waals surface area contributed by atoms with Crippen LogP contribution in [0.5, 0.6) is 5.75 Å². The Morgan fingerprint density at radius 1 is 1.44 bits per heavy atom. The molecule has 2 rings (SSSR count). The fraction of sp³-hybridized carbons (Fsp3) is 0.417. The van der Waals surface area contributed by atoms with Crippen LogP contribution in [0.15, 0.2) is 24.3 Å². The van der Waals surface area contributed by atoms with Crippen LogP contribution >= 0.6 is 0 Å². The Balaban J connectivity index is 2.04. The maximum Gasteiger partial charge on any atom is 0.159 e. The molecule has 0 spiro atoms. The van der Waals surface area contributed by atoms with Crippen molar-refractivity contribution in [1.82, 2.24) is 0 Å². The third-order valence-electron chi connectivity index (χ3n) is 2.91. The molecule has 1 aliphatic heterocycles. The van der Waals surface area contributed by atoms with Gasteiger partial charge in [0, 0.05) is 13.0 Å². The van der Waals surface area contributed by atoms with E-state index in [1.807, 2.05) is 0 Å². The molecule has 0 aromatic heterocycles. The minimum Gasteiger partial charge on any atom is -0.508 e. The summed E-state index contributed by atoms with van der Waals surface area (Å²) in [5.74, 6) is 0.193. The molecule has 0 amide bonds. The van der Waals surface area contributed by atoms with Gasteiger partial charge in [-0.1, -0.05) is 12.1 Å². The molecule has 1 heterocycles. The first-order valence-electron chi connectivity index (χ1n) is 5.28. The highest BCUT2D eigenvalue weighted by atomic mass is 16.5. The quantitative estimate of drug-likeness (QED) is 0.785. The van der Waals surface area contributed by atoms with Gasteiger partial charge in [0.25, 0.3) is 0 Å². The lowest BCUT2D eigenvalue weighted by atomic mass is 9.90. The van der Waals surface area contributed by atoms with Gasteiger partial charge in [0.2, 0.25) is 0 Å². The van der Waals surface area contributed by atoms with Crippen molar-refractivity contribution in [2.24, 2.45) is 5.73 Å². The average Bonchev–Trinajstić information content (AvgIpc) is 2.70. The Morgan fingerprint density at radius 2 is 2.12 bits per heavy atom. The summed E-state index contributed by atoms with van der Waals surface area (Å²) in [6, 6.07) is 6.59. The van der Waals surface area contributed by atoms with Gasteiger partial charge in [-0.05, 0) is 24.1 Å². The van der Waals surface area contributed by atoms with Gasteiger partial charge in [0.15, 0.2) is 5.78 Å². The number of Topliss-reactive ketones (excluding diaryl/α,β-unsaturated/α-hetero) is 1. The van der Waals surface area contributed by atoms with Crippen molar-refractivity contribution >= 4 is 5.78 Å². The summed E-state index contributed by atoms with van der Waals surface area (Å²) >= 11 is 0. The first kappa shape index (κ1) is 11.1. The van der Waals surface area contributed by atoms with Gasteiger partial charge in [-0.3, -0.25) is 4.79 Å². The molecule has 0 radical (unpaired) electrons. The maximum atomic E-state index is 12.0. The van der Waals surface area contributed by atoms with E-state index in [1.165, 1.54) is 0 Å². The summed E-state index contributed by atoms with van der Waals surface area (Å²) in [6.07, 6.45) is 0.879. The van der Waals surface area contributed by atoms with Crippen molar-refractivity contribution in [2.75, 3.05) is 13.2 Å². The smallest absolute Gasteiger partial charge is 0.159 e. The summed E-state index contributed by atoms with van der Waals surface area (Å²) in [5.41, 5.74) is 6.00. The summed E-state index contributed by atoms with van der Waals surface area (Å²) in [5, 5.41) is 9.12. The normalized spacial score (nSPS) is 24.6. The van der Waals surface area contributed by atoms with E-state index in [-0.39, 0.29) is 11.5 Å². The minimum atomic E-state index is -0.822. The number of ketones is 1. The molecule has 86 valence electrons. The largest absolute Gasteiger partial charge is 0.508 e. The van der Waals surface area contributed by atoms with Gasteiger partial charge in [0.05, 0.1) is 6.61 Å². The lowest BCUT2D eigenvalue weighted by Gasteiger charge is -2.19. The predicted molar refractivity (Wildman–Crippen MR) is 59.2 cm³/mol. The number of hydrogen-bond acceptors (Lipinski definition) is 4. The van der Waals surface area contributed by atoms with Crippen molar-refractivity contribution in [3.8, 4) is 5.75 Å². The van der Waals surface area contributed by atoms with E-state index in [0.29, 0.717) is 26.1 Å². The highest BCUT2D eigenvalue weighted by molar-refractivity contribution is 5.90. The highest BCUT2D eigenvalue weighted by Crippen LogP contribution is 2.19. The third kappa shape index (κ3) is 2.23. The SMILES string of the molecule is NC1(C(=O)Cc2ccc(O)cc2)CCOC1. The van der Waals surface area contributed by atoms with E-state index in [2.05, 4.69) is 0 Å². The maximum absolute atomic E-state index is 12.0. The molecule has 0 aliphatic carbocycles. The lowest BCUT2D eigenvalue weighted by molar-refractivity contribution is -0.123. The van der Waals surface area contributed by atoms with Gasteiger partial charge < -0.3 is 15.6 Å². The van der Waals surface area contributed by atoms with Gasteiger partial charge >= 0.3 is 0 Å². The second kappa shape index (κ2) is 4.23. The van der Waals surface area contributed by atoms with Crippen molar-refractivity contribution < 1.29 is 14.6 Å². The molecule has 1 aromatic rings. The topological polar surface area (TPSA) is 72.6 Å². The molecule has 1 atom stereocenters.